The molecule has 1 aromatic rings. The Hall–Kier alpha value is -1.24. The number of hydrogen-bond donors (Lipinski definition) is 3. The van der Waals surface area contributed by atoms with Gasteiger partial charge >= 0.3 is 0 Å². The Morgan fingerprint density at radius 2 is 1.64 bits per heavy atom. The van der Waals surface area contributed by atoms with E-state index in [2.05, 4.69) is 5.32 Å². The standard InChI is InChI=1S/C22H32N2O3S/c25-21(17-12-18-16(13-23-17)11-19(28-18)22(26)24-27)20(14-7-3-1-4-8-14)15-9-5-2-6-10-15/h11,14-15,17,20,23,27H,1-10,12-13H2,(H,24,26). The van der Waals surface area contributed by atoms with Gasteiger partial charge in [-0.05, 0) is 49.1 Å². The first-order chi connectivity index (χ1) is 13.7. The van der Waals surface area contributed by atoms with Crippen molar-refractivity contribution < 1.29 is 14.8 Å². The van der Waals surface area contributed by atoms with Crippen molar-refractivity contribution in [2.45, 2.75) is 83.2 Å². The van der Waals surface area contributed by atoms with Crippen LogP contribution in [0.3, 0.4) is 0 Å². The van der Waals surface area contributed by atoms with Crippen LogP contribution in [0.5, 0.6) is 0 Å². The third kappa shape index (κ3) is 4.19. The zero-order chi connectivity index (χ0) is 19.5. The van der Waals surface area contributed by atoms with Crippen molar-refractivity contribution in [3.63, 3.8) is 0 Å². The minimum atomic E-state index is -0.468. The number of ketones is 1. The summed E-state index contributed by atoms with van der Waals surface area (Å²) >= 11 is 1.41. The highest BCUT2D eigenvalue weighted by Gasteiger charge is 2.40. The van der Waals surface area contributed by atoms with Crippen LogP contribution in [-0.2, 0) is 17.8 Å². The lowest BCUT2D eigenvalue weighted by Crippen LogP contribution is -2.48. The topological polar surface area (TPSA) is 78.4 Å². The van der Waals surface area contributed by atoms with Gasteiger partial charge in [-0.15, -0.1) is 11.3 Å². The first-order valence-electron chi connectivity index (χ1n) is 11.0. The quantitative estimate of drug-likeness (QED) is 0.507. The minimum absolute atomic E-state index is 0.134. The van der Waals surface area contributed by atoms with Gasteiger partial charge in [0.1, 0.15) is 0 Å². The van der Waals surface area contributed by atoms with Crippen LogP contribution in [0.1, 0.15) is 84.3 Å². The van der Waals surface area contributed by atoms with E-state index in [-0.39, 0.29) is 12.0 Å². The molecule has 0 radical (unpaired) electrons. The van der Waals surface area contributed by atoms with Gasteiger partial charge in [-0.25, -0.2) is 5.48 Å². The number of nitrogens with one attached hydrogen (secondary N) is 2. The molecule has 2 heterocycles. The molecule has 6 heteroatoms. The van der Waals surface area contributed by atoms with E-state index in [9.17, 15) is 9.59 Å². The SMILES string of the molecule is O=C(NO)c1cc2c(s1)CC(C(=O)C(C1CCCCC1)C1CCCCC1)NC2. The average Bonchev–Trinajstić information content (AvgIpc) is 3.18. The number of thiophene rings is 1. The van der Waals surface area contributed by atoms with Crippen molar-refractivity contribution in [1.82, 2.24) is 10.8 Å². The second-order valence-corrected chi connectivity index (χ2v) is 10.00. The molecule has 0 saturated heterocycles. The predicted octanol–water partition coefficient (Wildman–Crippen LogP) is 4.23. The summed E-state index contributed by atoms with van der Waals surface area (Å²) < 4.78 is 0. The monoisotopic (exact) mass is 404 g/mol. The Morgan fingerprint density at radius 1 is 1.04 bits per heavy atom. The first-order valence-corrected chi connectivity index (χ1v) is 11.8. The fourth-order valence-electron chi connectivity index (χ4n) is 5.72. The summed E-state index contributed by atoms with van der Waals surface area (Å²) in [5.41, 5.74) is 2.80. The van der Waals surface area contributed by atoms with Crippen molar-refractivity contribution in [1.29, 1.82) is 0 Å². The van der Waals surface area contributed by atoms with Crippen LogP contribution in [0.15, 0.2) is 6.07 Å². The molecule has 1 unspecified atom stereocenters. The van der Waals surface area contributed by atoms with Crippen molar-refractivity contribution in [2.75, 3.05) is 0 Å². The molecule has 0 bridgehead atoms. The van der Waals surface area contributed by atoms with E-state index in [1.807, 2.05) is 6.07 Å². The second-order valence-electron chi connectivity index (χ2n) is 8.86. The van der Waals surface area contributed by atoms with Crippen molar-refractivity contribution >= 4 is 23.0 Å². The van der Waals surface area contributed by atoms with Gasteiger partial charge in [-0.1, -0.05) is 38.5 Å². The highest BCUT2D eigenvalue weighted by Crippen LogP contribution is 2.41. The number of Topliss-reactive ketones (excluding diaryl/α,β-unsaturated/α-hetero) is 1. The normalized spacial score (nSPS) is 24.1. The van der Waals surface area contributed by atoms with E-state index >= 15 is 0 Å². The van der Waals surface area contributed by atoms with Crippen LogP contribution < -0.4 is 10.8 Å². The molecule has 1 atom stereocenters. The van der Waals surface area contributed by atoms with E-state index in [1.165, 1.54) is 75.5 Å². The molecule has 2 fully saturated rings. The first kappa shape index (κ1) is 20.0. The van der Waals surface area contributed by atoms with Gasteiger partial charge in [-0.2, -0.15) is 0 Å². The summed E-state index contributed by atoms with van der Waals surface area (Å²) in [6.07, 6.45) is 13.2. The Kier molecular flexibility index (Phi) is 6.48. The van der Waals surface area contributed by atoms with E-state index in [4.69, 9.17) is 5.21 Å². The maximum Gasteiger partial charge on any atom is 0.284 e. The van der Waals surface area contributed by atoms with Crippen molar-refractivity contribution in [3.05, 3.63) is 21.4 Å². The van der Waals surface area contributed by atoms with Gasteiger partial charge in [0.2, 0.25) is 0 Å². The predicted molar refractivity (Wildman–Crippen MR) is 110 cm³/mol. The highest BCUT2D eigenvalue weighted by molar-refractivity contribution is 7.14. The zero-order valence-electron chi connectivity index (χ0n) is 16.5. The van der Waals surface area contributed by atoms with E-state index in [1.54, 1.807) is 5.48 Å². The molecule has 1 amide bonds. The van der Waals surface area contributed by atoms with Crippen LogP contribution in [0.4, 0.5) is 0 Å². The highest BCUT2D eigenvalue weighted by atomic mass is 32.1. The van der Waals surface area contributed by atoms with Crippen molar-refractivity contribution in [2.24, 2.45) is 17.8 Å². The molecule has 154 valence electrons. The molecule has 0 spiro atoms. The number of fused-ring (bicyclic) bond motifs is 1. The molecule has 5 nitrogen and oxygen atoms in total. The summed E-state index contributed by atoms with van der Waals surface area (Å²) in [6.45, 7) is 0.628. The molecule has 1 aliphatic heterocycles. The van der Waals surface area contributed by atoms with E-state index in [0.717, 1.165) is 10.4 Å². The molecule has 3 aliphatic rings. The van der Waals surface area contributed by atoms with Crippen molar-refractivity contribution in [3.8, 4) is 0 Å². The number of hydrogen-bond acceptors (Lipinski definition) is 5. The zero-order valence-corrected chi connectivity index (χ0v) is 17.4. The number of carbonyl (C=O) groups excluding carboxylic acids is 2. The molecular formula is C22H32N2O3S. The summed E-state index contributed by atoms with van der Waals surface area (Å²) in [6, 6.07) is 1.70. The molecule has 28 heavy (non-hydrogen) atoms. The fraction of sp³-hybridized carbons (Fsp3) is 0.727. The van der Waals surface area contributed by atoms with E-state index < -0.39 is 5.91 Å². The Balaban J connectivity index is 1.51. The molecule has 0 aromatic carbocycles. The van der Waals surface area contributed by atoms with Gasteiger partial charge in [0.25, 0.3) is 5.91 Å². The van der Waals surface area contributed by atoms with Gasteiger partial charge < -0.3 is 5.32 Å². The second kappa shape index (κ2) is 9.06. The number of carbonyl (C=O) groups is 2. The third-order valence-corrected chi connectivity index (χ3v) is 8.34. The van der Waals surface area contributed by atoms with E-state index in [0.29, 0.717) is 35.5 Å². The Bertz CT molecular complexity index is 687. The number of hydroxylamine groups is 1. The Morgan fingerprint density at radius 3 is 2.21 bits per heavy atom. The molecule has 2 saturated carbocycles. The van der Waals surface area contributed by atoms with Gasteiger partial charge in [0, 0.05) is 23.8 Å². The lowest BCUT2D eigenvalue weighted by Gasteiger charge is -2.39. The summed E-state index contributed by atoms with van der Waals surface area (Å²) in [5.74, 6) is 1.29. The molecule has 3 N–H and O–H groups in total. The lowest BCUT2D eigenvalue weighted by molar-refractivity contribution is -0.130. The molecular weight excluding hydrogens is 372 g/mol. The van der Waals surface area contributed by atoms with Crippen LogP contribution in [0, 0.1) is 17.8 Å². The lowest BCUT2D eigenvalue weighted by atomic mass is 9.66. The minimum Gasteiger partial charge on any atom is -0.303 e. The smallest absolute Gasteiger partial charge is 0.284 e. The maximum atomic E-state index is 13.7. The fourth-order valence-corrected chi connectivity index (χ4v) is 6.83. The maximum absolute atomic E-state index is 13.7. The largest absolute Gasteiger partial charge is 0.303 e. The van der Waals surface area contributed by atoms with Crippen LogP contribution in [0.2, 0.25) is 0 Å². The van der Waals surface area contributed by atoms with Gasteiger partial charge in [0.05, 0.1) is 10.9 Å². The summed E-state index contributed by atoms with van der Waals surface area (Å²) in [5, 5.41) is 12.4. The number of amides is 1. The molecule has 2 aliphatic carbocycles. The molecule has 1 aromatic heterocycles. The average molecular weight is 405 g/mol. The Labute approximate surface area is 171 Å². The van der Waals surface area contributed by atoms with Gasteiger partial charge in [-0.3, -0.25) is 14.8 Å². The van der Waals surface area contributed by atoms with Gasteiger partial charge in [0.15, 0.2) is 5.78 Å². The van der Waals surface area contributed by atoms with Crippen LogP contribution in [0.25, 0.3) is 0 Å². The van der Waals surface area contributed by atoms with Crippen LogP contribution >= 0.6 is 11.3 Å². The number of rotatable bonds is 5. The molecule has 4 rings (SSSR count). The third-order valence-electron chi connectivity index (χ3n) is 7.14. The summed E-state index contributed by atoms with van der Waals surface area (Å²) in [7, 11) is 0. The summed E-state index contributed by atoms with van der Waals surface area (Å²) in [4.78, 5) is 27.1. The van der Waals surface area contributed by atoms with Crippen LogP contribution in [-0.4, -0.2) is 22.9 Å².